The number of carbonyl (C=O) groups excluding carboxylic acids is 7. The molecule has 6 amide bonds. The summed E-state index contributed by atoms with van der Waals surface area (Å²) in [7, 11) is -8.37. The van der Waals surface area contributed by atoms with Gasteiger partial charge in [0.2, 0.25) is 5.91 Å². The normalized spacial score (nSPS) is 17.1. The van der Waals surface area contributed by atoms with Crippen LogP contribution >= 0.6 is 0 Å². The highest BCUT2D eigenvalue weighted by Crippen LogP contribution is 2.39. The van der Waals surface area contributed by atoms with Gasteiger partial charge in [-0.15, -0.1) is 0 Å². The Morgan fingerprint density at radius 3 is 1.34 bits per heavy atom. The van der Waals surface area contributed by atoms with Gasteiger partial charge in [-0.2, -0.15) is 0 Å². The molecule has 4 aliphatic heterocycles. The Morgan fingerprint density at radius 2 is 0.906 bits per heavy atom. The molecule has 0 spiro atoms. The van der Waals surface area contributed by atoms with Crippen LogP contribution in [0.2, 0.25) is 0 Å². The van der Waals surface area contributed by atoms with Crippen molar-refractivity contribution in [1.82, 2.24) is 37.1 Å². The minimum absolute atomic E-state index is 0.0730. The Labute approximate surface area is 684 Å². The molecule has 6 aromatic rings. The second kappa shape index (κ2) is 45.5. The molecular weight excluding hydrogens is 1550 g/mol. The van der Waals surface area contributed by atoms with Crippen LogP contribution in [-0.4, -0.2) is 166 Å². The van der Waals surface area contributed by atoms with E-state index < -0.39 is 107 Å². The lowest BCUT2D eigenvalue weighted by Gasteiger charge is -2.41. The molecular formula is C85H111N7O23S2. The molecule has 4 heterocycles. The van der Waals surface area contributed by atoms with Crippen molar-refractivity contribution in [3.05, 3.63) is 181 Å². The summed E-state index contributed by atoms with van der Waals surface area (Å²) < 4.78 is 96.4. The van der Waals surface area contributed by atoms with Crippen molar-refractivity contribution in [2.75, 3.05) is 45.9 Å². The largest absolute Gasteiger partial charge is 0.480 e. The van der Waals surface area contributed by atoms with E-state index in [2.05, 4.69) is 32.2 Å². The molecule has 30 nitrogen and oxygen atoms in total. The first-order valence-electron chi connectivity index (χ1n) is 39.6. The highest BCUT2D eigenvalue weighted by molar-refractivity contribution is 7.94. The average Bonchev–Trinajstić information content (AvgIpc) is 0.752. The number of hydrogen-bond acceptors (Lipinski definition) is 23. The molecule has 4 saturated heterocycles. The summed E-state index contributed by atoms with van der Waals surface area (Å²) in [6.07, 6.45) is 4.59. The second-order valence-corrected chi connectivity index (χ2v) is 35.0. The van der Waals surface area contributed by atoms with Crippen LogP contribution in [0.3, 0.4) is 0 Å². The number of piperidine rings is 2. The topological polar surface area (TPSA) is 393 Å². The minimum atomic E-state index is -4.38. The quantitative estimate of drug-likeness (QED) is 0.00871. The average molecular weight is 1660 g/mol. The van der Waals surface area contributed by atoms with E-state index in [4.69, 9.17) is 47.6 Å². The summed E-state index contributed by atoms with van der Waals surface area (Å²) in [4.78, 5) is 113. The maximum Gasteiger partial charge on any atom is 0.408 e. The number of likely N-dealkylation sites (tertiary alicyclic amines) is 1. The first-order chi connectivity index (χ1) is 55.9. The third kappa shape index (κ3) is 29.7. The number of carbonyl (C=O) groups is 8. The number of nitrogens with zero attached hydrogens (tertiary/aromatic N) is 1. The number of carboxylic acid groups (broad SMARTS) is 1. The number of rotatable bonds is 33. The predicted octanol–water partition coefficient (Wildman–Crippen LogP) is 12.8. The summed E-state index contributed by atoms with van der Waals surface area (Å²) >= 11 is 0. The van der Waals surface area contributed by atoms with Gasteiger partial charge < -0.3 is 69.2 Å². The standard InChI is InChI=1S/C43H55N3O11S.C23H28N2O6S.C19H28N2O6/c1-42(2,3)56-41(50)44-36(19-11-6-12-20-37(47)54-31-32-15-7-4-8-16-32)39(48)46-28-26-43(27-29-46,40(49)45-57-38-21-13-14-30-53-38)58(51,52)35-24-22-34(23-25-35)55-33-17-9-5-10-18-33;26-22(25-31-21-8-4-5-17-29-21)23(13-15-24-16-14-23)32(27,28)20-11-9-19(10-12-20)30-18-6-2-1-3-7-18;1-19(2,3)27-18(25)21-15(16(22)23)11-7-8-12-20-17(24)26-13-14-9-5-4-6-10-14/h4-5,7-10,15-18,22-25,36,38H,6,11-14,19-21,26-31H2,1-3H3,(H,44,50)(H,45,49);1-3,6-7,9-12,21,24H,4-5,8,13-17H2,(H,25,26);4-6,9-10,15H,7-8,11-13H2,1-3H3,(H,20,24)(H,21,25)(H,22,23)/t36-,38?;;15-/m0.0/s1. The summed E-state index contributed by atoms with van der Waals surface area (Å²) in [5.74, 6) is -1.25. The molecule has 6 aromatic carbocycles. The van der Waals surface area contributed by atoms with E-state index in [9.17, 15) is 60.3 Å². The number of nitrogens with one attached hydrogen (secondary N) is 6. The van der Waals surface area contributed by atoms with Gasteiger partial charge in [0.15, 0.2) is 41.7 Å². The van der Waals surface area contributed by atoms with Crippen LogP contribution in [-0.2, 0) is 95.0 Å². The molecule has 2 unspecified atom stereocenters. The van der Waals surface area contributed by atoms with Gasteiger partial charge in [0, 0.05) is 52.1 Å². The fourth-order valence-corrected chi connectivity index (χ4v) is 16.9. The van der Waals surface area contributed by atoms with E-state index in [-0.39, 0.29) is 87.0 Å². The highest BCUT2D eigenvalue weighted by atomic mass is 32.2. The van der Waals surface area contributed by atoms with Crippen LogP contribution in [0.4, 0.5) is 14.4 Å². The molecule has 636 valence electrons. The first-order valence-corrected chi connectivity index (χ1v) is 42.6. The molecule has 32 heteroatoms. The van der Waals surface area contributed by atoms with Gasteiger partial charge >= 0.3 is 30.2 Å². The number of amides is 6. The second-order valence-electron chi connectivity index (χ2n) is 30.5. The lowest BCUT2D eigenvalue weighted by molar-refractivity contribution is -0.202. The number of esters is 1. The number of para-hydroxylation sites is 2. The number of hydrogen-bond donors (Lipinski definition) is 7. The van der Waals surface area contributed by atoms with Crippen molar-refractivity contribution in [1.29, 1.82) is 0 Å². The summed E-state index contributed by atoms with van der Waals surface area (Å²) in [6.45, 7) is 12.6. The van der Waals surface area contributed by atoms with Crippen molar-refractivity contribution in [2.24, 2.45) is 0 Å². The number of ether oxygens (including phenoxy) is 8. The van der Waals surface area contributed by atoms with Gasteiger partial charge in [-0.3, -0.25) is 19.2 Å². The van der Waals surface area contributed by atoms with Gasteiger partial charge in [0.1, 0.15) is 59.5 Å². The highest BCUT2D eigenvalue weighted by Gasteiger charge is 2.55. The zero-order valence-corrected chi connectivity index (χ0v) is 68.9. The monoisotopic (exact) mass is 1660 g/mol. The van der Waals surface area contributed by atoms with Crippen LogP contribution in [0.5, 0.6) is 23.0 Å². The fourth-order valence-electron chi connectivity index (χ4n) is 12.9. The van der Waals surface area contributed by atoms with Gasteiger partial charge in [0.05, 0.1) is 9.79 Å². The van der Waals surface area contributed by atoms with E-state index in [1.165, 1.54) is 41.3 Å². The fraction of sp³-hybridized carbons (Fsp3) is 0.482. The number of hydroxylamine groups is 2. The molecule has 4 fully saturated rings. The molecule has 0 saturated carbocycles. The lowest BCUT2D eigenvalue weighted by atomic mass is 9.94. The predicted molar refractivity (Wildman–Crippen MR) is 431 cm³/mol. The Morgan fingerprint density at radius 1 is 0.496 bits per heavy atom. The summed E-state index contributed by atoms with van der Waals surface area (Å²) in [6, 6.07) is 46.9. The Kier molecular flexibility index (Phi) is 35.9. The van der Waals surface area contributed by atoms with Gasteiger partial charge in [0.25, 0.3) is 11.8 Å². The van der Waals surface area contributed by atoms with Crippen LogP contribution < -0.4 is 41.7 Å². The maximum absolute atomic E-state index is 14.5. The number of aliphatic carboxylic acids is 1. The SMILES string of the molecule is CC(C)(C)OC(=O)N[C@@H](CCCCCC(=O)OCc1ccccc1)C(=O)N1CCC(C(=O)NOC2CCCCO2)(S(=O)(=O)c2ccc(Oc3ccccc3)cc2)CC1.CC(C)(C)OC(=O)N[C@@H](CCCCNC(=O)OCc1ccccc1)C(=O)O.O=C(NOC1CCCCO1)C1(S(=O)(=O)c2ccc(Oc3ccccc3)cc2)CCNCC1. The minimum Gasteiger partial charge on any atom is -0.480 e. The van der Waals surface area contributed by atoms with Gasteiger partial charge in [-0.25, -0.2) is 56.6 Å². The Hall–Kier alpha value is -10.2. The van der Waals surface area contributed by atoms with Crippen LogP contribution in [0.1, 0.15) is 168 Å². The van der Waals surface area contributed by atoms with Crippen LogP contribution in [0.25, 0.3) is 0 Å². The van der Waals surface area contributed by atoms with Crippen molar-refractivity contribution < 1.29 is 108 Å². The summed E-state index contributed by atoms with van der Waals surface area (Å²) in [5.41, 5.74) is 5.04. The van der Waals surface area contributed by atoms with Crippen molar-refractivity contribution >= 4 is 67.6 Å². The molecule has 4 aliphatic rings. The van der Waals surface area contributed by atoms with E-state index >= 15 is 0 Å². The van der Waals surface area contributed by atoms with Gasteiger partial charge in [-0.1, -0.05) is 110 Å². The zero-order valence-electron chi connectivity index (χ0n) is 67.3. The number of carboxylic acids is 1. The lowest BCUT2D eigenvalue weighted by Crippen LogP contribution is -2.60. The van der Waals surface area contributed by atoms with Crippen molar-refractivity contribution in [3.8, 4) is 23.0 Å². The molecule has 0 aromatic heterocycles. The molecule has 0 radical (unpaired) electrons. The van der Waals surface area contributed by atoms with Crippen LogP contribution in [0.15, 0.2) is 180 Å². The Balaban J connectivity index is 0.000000243. The molecule has 117 heavy (non-hydrogen) atoms. The number of unbranched alkanes of at least 4 members (excludes halogenated alkanes) is 3. The molecule has 10 rings (SSSR count). The third-order valence-corrected chi connectivity index (χ3v) is 24.2. The molecule has 4 atom stereocenters. The molecule has 0 aliphatic carbocycles. The van der Waals surface area contributed by atoms with Crippen LogP contribution in [0, 0.1) is 0 Å². The first kappa shape index (κ1) is 92.3. The van der Waals surface area contributed by atoms with Gasteiger partial charge in [-0.05, 0) is 222 Å². The zero-order chi connectivity index (χ0) is 84.3. The number of benzene rings is 6. The van der Waals surface area contributed by atoms with Crippen molar-refractivity contribution in [3.63, 3.8) is 0 Å². The van der Waals surface area contributed by atoms with E-state index in [1.807, 2.05) is 109 Å². The molecule has 7 N–H and O–H groups in total. The number of alkyl carbamates (subject to hydrolysis) is 3. The van der Waals surface area contributed by atoms with Crippen molar-refractivity contribution in [2.45, 2.75) is 225 Å². The molecule has 0 bridgehead atoms. The third-order valence-electron chi connectivity index (χ3n) is 19.2. The Bertz CT molecular complexity index is 4340. The van der Waals surface area contributed by atoms with E-state index in [0.717, 1.165) is 36.8 Å². The van der Waals surface area contributed by atoms with E-state index in [1.54, 1.807) is 65.8 Å². The smallest absolute Gasteiger partial charge is 0.408 e. The number of sulfone groups is 2. The summed E-state index contributed by atoms with van der Waals surface area (Å²) in [5, 5.41) is 20.0. The van der Waals surface area contributed by atoms with E-state index in [0.29, 0.717) is 101 Å². The maximum atomic E-state index is 14.5.